The first-order valence-electron chi connectivity index (χ1n) is 16.3. The Morgan fingerprint density at radius 1 is 0.441 bits per heavy atom. The smallest absolute Gasteiger partial charge is 0.339 e. The van der Waals surface area contributed by atoms with Crippen LogP contribution in [-0.4, -0.2) is 128 Å². The molecule has 5 rings (SSSR count). The van der Waals surface area contributed by atoms with Gasteiger partial charge >= 0.3 is 29.8 Å². The van der Waals surface area contributed by atoms with Crippen molar-refractivity contribution >= 4 is 29.8 Å². The molecule has 1 heterocycles. The zero-order chi connectivity index (χ0) is 43.6. The van der Waals surface area contributed by atoms with Crippen molar-refractivity contribution in [3.8, 4) is 69.0 Å². The van der Waals surface area contributed by atoms with E-state index >= 15 is 0 Å². The minimum atomic E-state index is -2.34. The summed E-state index contributed by atoms with van der Waals surface area (Å²) in [6.07, 6.45) is -11.1. The van der Waals surface area contributed by atoms with Gasteiger partial charge in [-0.1, -0.05) is 0 Å². The standard InChI is InChI=1S/C36H30O23/c1-11(37)55-36-31(59-35(53)15-8-22(44)28(49)23(45)9-15)30(58-34(52)14-6-20(42)27(48)21(43)7-14)29(57-33(51)13-4-18(40)26(47)19(41)5-13)24(56-36)10-54-32(50)12-2-16(38)25(46)17(39)3-12/h2-9,24,29-31,36,38-49H,10H2,1H3/t24?,29-,30?,31-,36-/m1/s1. The summed E-state index contributed by atoms with van der Waals surface area (Å²) in [5, 5.41) is 119. The highest BCUT2D eigenvalue weighted by Gasteiger charge is 2.54. The van der Waals surface area contributed by atoms with Crippen LogP contribution >= 0.6 is 0 Å². The summed E-state index contributed by atoms with van der Waals surface area (Å²) in [6, 6.07) is 4.94. The maximum Gasteiger partial charge on any atom is 0.339 e. The third kappa shape index (κ3) is 8.94. The van der Waals surface area contributed by atoms with E-state index in [1.54, 1.807) is 0 Å². The second kappa shape index (κ2) is 16.5. The van der Waals surface area contributed by atoms with Gasteiger partial charge in [-0.25, -0.2) is 19.2 Å². The van der Waals surface area contributed by atoms with Crippen molar-refractivity contribution in [3.05, 3.63) is 70.8 Å². The fourth-order valence-corrected chi connectivity index (χ4v) is 5.38. The summed E-state index contributed by atoms with van der Waals surface area (Å²) in [4.78, 5) is 66.2. The van der Waals surface area contributed by atoms with Crippen molar-refractivity contribution in [2.45, 2.75) is 37.6 Å². The van der Waals surface area contributed by atoms with E-state index in [0.717, 1.165) is 6.92 Å². The molecule has 23 heteroatoms. The van der Waals surface area contributed by atoms with E-state index in [0.29, 0.717) is 48.5 Å². The number of carbonyl (C=O) groups is 5. The number of phenols is 12. The number of esters is 5. The van der Waals surface area contributed by atoms with Gasteiger partial charge in [0.05, 0.1) is 22.3 Å². The lowest BCUT2D eigenvalue weighted by Crippen LogP contribution is -2.63. The SMILES string of the molecule is CC(=O)O[C@@H]1OC(COC(=O)c2cc(O)c(O)c(O)c2)[C@@H](OC(=O)c2cc(O)c(O)c(O)c2)C(OC(=O)c2cc(O)c(O)c(O)c2)[C@H]1OC(=O)c1cc(O)c(O)c(O)c1. The first-order valence-corrected chi connectivity index (χ1v) is 16.3. The molecular formula is C36H30O23. The third-order valence-corrected chi connectivity index (χ3v) is 8.20. The molecule has 4 aromatic rings. The van der Waals surface area contributed by atoms with Gasteiger partial charge in [0.2, 0.25) is 12.4 Å². The number of carbonyl (C=O) groups excluding carboxylic acids is 5. The van der Waals surface area contributed by atoms with E-state index in [9.17, 15) is 85.3 Å². The maximum atomic E-state index is 13.7. The van der Waals surface area contributed by atoms with Crippen molar-refractivity contribution in [1.29, 1.82) is 0 Å². The molecule has 0 bridgehead atoms. The van der Waals surface area contributed by atoms with Gasteiger partial charge in [-0.3, -0.25) is 4.79 Å². The Morgan fingerprint density at radius 3 is 1.05 bits per heavy atom. The van der Waals surface area contributed by atoms with Crippen LogP contribution < -0.4 is 0 Å². The number of rotatable bonds is 10. The van der Waals surface area contributed by atoms with Crippen LogP contribution in [0.4, 0.5) is 0 Å². The Kier molecular flexibility index (Phi) is 11.7. The molecule has 0 saturated carbocycles. The van der Waals surface area contributed by atoms with E-state index in [4.69, 9.17) is 28.4 Å². The van der Waals surface area contributed by atoms with E-state index in [-0.39, 0.29) is 0 Å². The molecule has 5 atom stereocenters. The topological polar surface area (TPSA) is 383 Å². The van der Waals surface area contributed by atoms with Crippen molar-refractivity contribution in [2.75, 3.05) is 6.61 Å². The number of aromatic hydroxyl groups is 12. The van der Waals surface area contributed by atoms with Crippen LogP contribution in [0.5, 0.6) is 69.0 Å². The second-order valence-electron chi connectivity index (χ2n) is 12.3. The zero-order valence-corrected chi connectivity index (χ0v) is 29.6. The van der Waals surface area contributed by atoms with Gasteiger partial charge in [0.1, 0.15) is 12.7 Å². The minimum Gasteiger partial charge on any atom is -0.504 e. The quantitative estimate of drug-likeness (QED) is 0.0608. The summed E-state index contributed by atoms with van der Waals surface area (Å²) in [6.45, 7) is -0.284. The number of hydrogen-bond donors (Lipinski definition) is 12. The van der Waals surface area contributed by atoms with Gasteiger partial charge in [-0.15, -0.1) is 0 Å². The Balaban J connectivity index is 1.64. The number of hydrogen-bond acceptors (Lipinski definition) is 23. The third-order valence-electron chi connectivity index (χ3n) is 8.20. The Morgan fingerprint density at radius 2 is 0.729 bits per heavy atom. The Labute approximate surface area is 327 Å². The average Bonchev–Trinajstić information content (AvgIpc) is 3.17. The fraction of sp³-hybridized carbons (Fsp3) is 0.194. The van der Waals surface area contributed by atoms with Crippen LogP contribution in [0, 0.1) is 0 Å². The molecule has 1 aliphatic heterocycles. The molecule has 23 nitrogen and oxygen atoms in total. The molecule has 0 spiro atoms. The van der Waals surface area contributed by atoms with Gasteiger partial charge in [0.15, 0.2) is 81.2 Å². The molecule has 0 radical (unpaired) electrons. The summed E-state index contributed by atoms with van der Waals surface area (Å²) in [5.41, 5.74) is -2.75. The molecule has 0 amide bonds. The van der Waals surface area contributed by atoms with E-state index < -0.39 is 158 Å². The zero-order valence-electron chi connectivity index (χ0n) is 29.6. The number of phenolic OH excluding ortho intramolecular Hbond substituents is 12. The molecule has 0 aromatic heterocycles. The highest BCUT2D eigenvalue weighted by atomic mass is 16.7. The van der Waals surface area contributed by atoms with Gasteiger partial charge < -0.3 is 89.7 Å². The highest BCUT2D eigenvalue weighted by Crippen LogP contribution is 2.40. The molecule has 312 valence electrons. The van der Waals surface area contributed by atoms with Crippen LogP contribution in [0.3, 0.4) is 0 Å². The molecule has 59 heavy (non-hydrogen) atoms. The summed E-state index contributed by atoms with van der Waals surface area (Å²) < 4.78 is 32.7. The van der Waals surface area contributed by atoms with E-state index in [1.807, 2.05) is 0 Å². The summed E-state index contributed by atoms with van der Waals surface area (Å²) in [5.74, 6) is -19.6. The fourth-order valence-electron chi connectivity index (χ4n) is 5.38. The molecule has 4 aromatic carbocycles. The second-order valence-corrected chi connectivity index (χ2v) is 12.3. The first-order chi connectivity index (χ1) is 27.7. The Hall–Kier alpha value is -8.21. The van der Waals surface area contributed by atoms with Gasteiger partial charge in [0.25, 0.3) is 0 Å². The van der Waals surface area contributed by atoms with Crippen LogP contribution in [0.1, 0.15) is 48.4 Å². The molecule has 1 aliphatic rings. The van der Waals surface area contributed by atoms with Gasteiger partial charge in [-0.2, -0.15) is 0 Å². The van der Waals surface area contributed by atoms with Crippen LogP contribution in [-0.2, 0) is 33.2 Å². The molecule has 0 aliphatic carbocycles. The van der Waals surface area contributed by atoms with Crippen LogP contribution in [0.15, 0.2) is 48.5 Å². The molecule has 12 N–H and O–H groups in total. The lowest BCUT2D eigenvalue weighted by molar-refractivity contribution is -0.289. The van der Waals surface area contributed by atoms with Crippen LogP contribution in [0.25, 0.3) is 0 Å². The number of benzene rings is 4. The van der Waals surface area contributed by atoms with E-state index in [1.165, 1.54) is 0 Å². The van der Waals surface area contributed by atoms with Crippen molar-refractivity contribution in [1.82, 2.24) is 0 Å². The van der Waals surface area contributed by atoms with Crippen molar-refractivity contribution in [2.24, 2.45) is 0 Å². The largest absolute Gasteiger partial charge is 0.504 e. The first kappa shape index (κ1) is 41.9. The predicted molar refractivity (Wildman–Crippen MR) is 184 cm³/mol. The molecule has 1 saturated heterocycles. The maximum absolute atomic E-state index is 13.7. The average molecular weight is 831 g/mol. The predicted octanol–water partition coefficient (Wildman–Crippen LogP) is 1.28. The Bertz CT molecular complexity index is 2260. The lowest BCUT2D eigenvalue weighted by atomic mass is 9.97. The normalized spacial score (nSPS) is 18.6. The highest BCUT2D eigenvalue weighted by molar-refractivity contribution is 5.93. The van der Waals surface area contributed by atoms with Gasteiger partial charge in [0, 0.05) is 6.92 Å². The summed E-state index contributed by atoms with van der Waals surface area (Å²) >= 11 is 0. The minimum absolute atomic E-state index is 0.587. The van der Waals surface area contributed by atoms with Crippen LogP contribution in [0.2, 0.25) is 0 Å². The molecule has 2 unspecified atom stereocenters. The van der Waals surface area contributed by atoms with Gasteiger partial charge in [-0.05, 0) is 48.5 Å². The molecular weight excluding hydrogens is 800 g/mol. The molecule has 1 fully saturated rings. The van der Waals surface area contributed by atoms with Crippen molar-refractivity contribution in [3.63, 3.8) is 0 Å². The number of ether oxygens (including phenoxy) is 6. The van der Waals surface area contributed by atoms with E-state index in [2.05, 4.69) is 0 Å². The lowest BCUT2D eigenvalue weighted by Gasteiger charge is -2.43. The monoisotopic (exact) mass is 830 g/mol. The summed E-state index contributed by atoms with van der Waals surface area (Å²) in [7, 11) is 0. The van der Waals surface area contributed by atoms with Crippen molar-refractivity contribution < 1.29 is 114 Å².